The van der Waals surface area contributed by atoms with Gasteiger partial charge in [-0.15, -0.1) is 5.10 Å². The molecular formula is C20H21ClF3N5O4. The van der Waals surface area contributed by atoms with E-state index in [4.69, 9.17) is 16.3 Å². The number of hydrogen-bond acceptors (Lipinski definition) is 5. The molecule has 0 radical (unpaired) electrons. The lowest BCUT2D eigenvalue weighted by molar-refractivity contribution is -0.128. The standard InChI is InChI=1S/C20H21ClF3N5O4/c1-27-17(19(23)24)13(25-26-27)9-33-18-12(22)7-11(21)10-4-6-29(20(31)32)14(16(10)18)8-28-5-2-3-15(28)30/h7,14,19H,2-6,8-9H2,1H3,(H,31,32)/t14-/m1/s1. The molecule has 0 saturated carbocycles. The minimum Gasteiger partial charge on any atom is -0.484 e. The summed E-state index contributed by atoms with van der Waals surface area (Å²) < 4.78 is 48.3. The van der Waals surface area contributed by atoms with Crippen LogP contribution < -0.4 is 4.74 Å². The Hall–Kier alpha value is -3.02. The van der Waals surface area contributed by atoms with Crippen LogP contribution >= 0.6 is 11.6 Å². The van der Waals surface area contributed by atoms with E-state index in [2.05, 4.69) is 10.3 Å². The fraction of sp³-hybridized carbons (Fsp3) is 0.500. The van der Waals surface area contributed by atoms with Gasteiger partial charge >= 0.3 is 6.09 Å². The van der Waals surface area contributed by atoms with E-state index in [9.17, 15) is 23.5 Å². The van der Waals surface area contributed by atoms with E-state index in [1.54, 1.807) is 0 Å². The smallest absolute Gasteiger partial charge is 0.407 e. The van der Waals surface area contributed by atoms with Crippen molar-refractivity contribution in [2.24, 2.45) is 7.05 Å². The number of likely N-dealkylation sites (tertiary alicyclic amines) is 1. The molecule has 3 heterocycles. The van der Waals surface area contributed by atoms with E-state index in [0.29, 0.717) is 24.9 Å². The van der Waals surface area contributed by atoms with Gasteiger partial charge in [-0.3, -0.25) is 9.69 Å². The second-order valence-electron chi connectivity index (χ2n) is 7.88. The van der Waals surface area contributed by atoms with Crippen LogP contribution in [0.25, 0.3) is 0 Å². The molecule has 1 saturated heterocycles. The van der Waals surface area contributed by atoms with E-state index < -0.39 is 36.7 Å². The number of carboxylic acid groups (broad SMARTS) is 1. The number of aryl methyl sites for hydroxylation is 1. The van der Waals surface area contributed by atoms with Gasteiger partial charge in [0.05, 0.1) is 6.04 Å². The lowest BCUT2D eigenvalue weighted by Crippen LogP contribution is -2.45. The highest BCUT2D eigenvalue weighted by atomic mass is 35.5. The van der Waals surface area contributed by atoms with E-state index in [-0.39, 0.29) is 47.4 Å². The van der Waals surface area contributed by atoms with Crippen LogP contribution in [0.5, 0.6) is 5.75 Å². The molecule has 0 spiro atoms. The second-order valence-corrected chi connectivity index (χ2v) is 8.29. The van der Waals surface area contributed by atoms with Crippen LogP contribution in [0, 0.1) is 5.82 Å². The first kappa shape index (κ1) is 23.1. The molecule has 1 N–H and O–H groups in total. The number of halogens is 4. The van der Waals surface area contributed by atoms with Gasteiger partial charge in [0.1, 0.15) is 18.0 Å². The number of aromatic nitrogens is 3. The van der Waals surface area contributed by atoms with Crippen LogP contribution in [0.4, 0.5) is 18.0 Å². The number of alkyl halides is 2. The van der Waals surface area contributed by atoms with Crippen molar-refractivity contribution in [2.45, 2.75) is 38.3 Å². The summed E-state index contributed by atoms with van der Waals surface area (Å²) in [5.41, 5.74) is 0.0451. The van der Waals surface area contributed by atoms with Gasteiger partial charge in [-0.2, -0.15) is 0 Å². The number of amides is 2. The Kier molecular flexibility index (Phi) is 6.37. The molecule has 0 bridgehead atoms. The maximum atomic E-state index is 15.1. The summed E-state index contributed by atoms with van der Waals surface area (Å²) in [6.07, 6.45) is -2.92. The summed E-state index contributed by atoms with van der Waals surface area (Å²) in [5.74, 6) is -1.30. The summed E-state index contributed by atoms with van der Waals surface area (Å²) in [6, 6.07) is 0.113. The van der Waals surface area contributed by atoms with Gasteiger partial charge in [-0.05, 0) is 24.5 Å². The van der Waals surface area contributed by atoms with Crippen molar-refractivity contribution in [1.29, 1.82) is 0 Å². The zero-order valence-corrected chi connectivity index (χ0v) is 18.4. The topological polar surface area (TPSA) is 101 Å². The number of ether oxygens (including phenoxy) is 1. The first-order chi connectivity index (χ1) is 15.7. The Morgan fingerprint density at radius 2 is 2.12 bits per heavy atom. The lowest BCUT2D eigenvalue weighted by Gasteiger charge is -2.38. The third-order valence-corrected chi connectivity index (χ3v) is 6.29. The molecule has 13 heteroatoms. The summed E-state index contributed by atoms with van der Waals surface area (Å²) >= 11 is 6.28. The maximum absolute atomic E-state index is 15.1. The van der Waals surface area contributed by atoms with Crippen molar-refractivity contribution in [3.63, 3.8) is 0 Å². The van der Waals surface area contributed by atoms with Gasteiger partial charge < -0.3 is 14.7 Å². The molecule has 0 aliphatic carbocycles. The number of fused-ring (bicyclic) bond motifs is 1. The SMILES string of the molecule is Cn1nnc(COc2c(F)cc(Cl)c3c2[C@@H](CN2CCCC2=O)N(C(=O)O)CC3)c1C(F)F. The van der Waals surface area contributed by atoms with Crippen molar-refractivity contribution in [3.05, 3.63) is 39.4 Å². The van der Waals surface area contributed by atoms with E-state index in [1.807, 2.05) is 0 Å². The molecule has 2 aromatic rings. The lowest BCUT2D eigenvalue weighted by atomic mass is 9.91. The Balaban J connectivity index is 1.74. The zero-order valence-electron chi connectivity index (χ0n) is 17.6. The van der Waals surface area contributed by atoms with Crippen LogP contribution in [0.3, 0.4) is 0 Å². The fourth-order valence-corrected chi connectivity index (χ4v) is 4.69. The molecule has 1 fully saturated rings. The van der Waals surface area contributed by atoms with Crippen LogP contribution in [0.15, 0.2) is 6.07 Å². The van der Waals surface area contributed by atoms with Crippen LogP contribution in [0.1, 0.15) is 47.8 Å². The molecule has 1 aromatic carbocycles. The third kappa shape index (κ3) is 4.31. The van der Waals surface area contributed by atoms with Crippen molar-refractivity contribution in [1.82, 2.24) is 24.8 Å². The van der Waals surface area contributed by atoms with Gasteiger partial charge in [0.2, 0.25) is 5.91 Å². The molecular weight excluding hydrogens is 467 g/mol. The minimum atomic E-state index is -2.87. The Labute approximate surface area is 191 Å². The molecule has 2 aliphatic rings. The zero-order chi connectivity index (χ0) is 23.9. The fourth-order valence-electron chi connectivity index (χ4n) is 4.40. The number of rotatable bonds is 6. The van der Waals surface area contributed by atoms with Crippen molar-refractivity contribution >= 4 is 23.6 Å². The van der Waals surface area contributed by atoms with Gasteiger partial charge in [0, 0.05) is 43.7 Å². The average Bonchev–Trinajstić information content (AvgIpc) is 3.32. The normalized spacial score (nSPS) is 18.2. The summed E-state index contributed by atoms with van der Waals surface area (Å²) in [6.45, 7) is 0.0386. The second kappa shape index (κ2) is 9.08. The molecule has 2 aliphatic heterocycles. The molecule has 1 aromatic heterocycles. The molecule has 33 heavy (non-hydrogen) atoms. The van der Waals surface area contributed by atoms with Gasteiger partial charge in [0.25, 0.3) is 6.43 Å². The van der Waals surface area contributed by atoms with E-state index >= 15 is 4.39 Å². The number of carbonyl (C=O) groups excluding carboxylic acids is 1. The molecule has 178 valence electrons. The number of benzene rings is 1. The summed E-state index contributed by atoms with van der Waals surface area (Å²) in [4.78, 5) is 26.8. The Bertz CT molecular complexity index is 1100. The van der Waals surface area contributed by atoms with Crippen molar-refractivity contribution < 1.29 is 32.6 Å². The predicted molar refractivity (Wildman–Crippen MR) is 109 cm³/mol. The monoisotopic (exact) mass is 487 g/mol. The number of hydrogen-bond donors (Lipinski definition) is 1. The molecule has 2 amide bonds. The summed E-state index contributed by atoms with van der Waals surface area (Å²) in [5, 5.41) is 17.1. The van der Waals surface area contributed by atoms with Gasteiger partial charge in [-0.25, -0.2) is 22.6 Å². The predicted octanol–water partition coefficient (Wildman–Crippen LogP) is 3.32. The van der Waals surface area contributed by atoms with Gasteiger partial charge in [-0.1, -0.05) is 16.8 Å². The maximum Gasteiger partial charge on any atom is 0.407 e. The molecule has 0 unspecified atom stereocenters. The average molecular weight is 488 g/mol. The third-order valence-electron chi connectivity index (χ3n) is 5.95. The van der Waals surface area contributed by atoms with Gasteiger partial charge in [0.15, 0.2) is 11.6 Å². The number of carbonyl (C=O) groups is 2. The Morgan fingerprint density at radius 3 is 2.76 bits per heavy atom. The van der Waals surface area contributed by atoms with Crippen LogP contribution in [-0.4, -0.2) is 61.5 Å². The molecule has 1 atom stereocenters. The van der Waals surface area contributed by atoms with E-state index in [1.165, 1.54) is 11.9 Å². The quantitative estimate of drug-likeness (QED) is 0.671. The summed E-state index contributed by atoms with van der Waals surface area (Å²) in [7, 11) is 1.30. The van der Waals surface area contributed by atoms with Crippen molar-refractivity contribution in [2.75, 3.05) is 19.6 Å². The highest BCUT2D eigenvalue weighted by Gasteiger charge is 2.38. The first-order valence-corrected chi connectivity index (χ1v) is 10.6. The minimum absolute atomic E-state index is 0.00169. The Morgan fingerprint density at radius 1 is 1.36 bits per heavy atom. The van der Waals surface area contributed by atoms with Crippen LogP contribution in [0.2, 0.25) is 5.02 Å². The van der Waals surface area contributed by atoms with Crippen molar-refractivity contribution in [3.8, 4) is 5.75 Å². The molecule has 9 nitrogen and oxygen atoms in total. The number of nitrogens with zero attached hydrogens (tertiary/aromatic N) is 5. The largest absolute Gasteiger partial charge is 0.484 e. The van der Waals surface area contributed by atoms with Crippen LogP contribution in [-0.2, 0) is 24.9 Å². The highest BCUT2D eigenvalue weighted by Crippen LogP contribution is 2.43. The van der Waals surface area contributed by atoms with E-state index in [0.717, 1.165) is 15.6 Å². The highest BCUT2D eigenvalue weighted by molar-refractivity contribution is 6.31. The first-order valence-electron chi connectivity index (χ1n) is 10.3. The molecule has 4 rings (SSSR count).